The van der Waals surface area contributed by atoms with Crippen LogP contribution in [-0.4, -0.2) is 35.2 Å². The molecule has 0 bridgehead atoms. The summed E-state index contributed by atoms with van der Waals surface area (Å²) in [5.74, 6) is 0.603. The van der Waals surface area contributed by atoms with Crippen LogP contribution in [0.25, 0.3) is 0 Å². The Bertz CT molecular complexity index is 875. The largest absolute Gasteiger partial charge is 0.522 e. The number of carbonyl (C=O) groups excluding carboxylic acids is 2. The lowest BCUT2D eigenvalue weighted by atomic mass is 9.73. The molecule has 2 saturated carbocycles. The van der Waals surface area contributed by atoms with Crippen LogP contribution in [0, 0.1) is 17.8 Å². The van der Waals surface area contributed by atoms with Gasteiger partial charge in [-0.15, -0.1) is 13.2 Å². The Balaban J connectivity index is 1.19. The second-order valence-corrected chi connectivity index (χ2v) is 10.1. The predicted molar refractivity (Wildman–Crippen MR) is 114 cm³/mol. The number of rotatable bonds is 7. The zero-order chi connectivity index (χ0) is 23.8. The van der Waals surface area contributed by atoms with Crippen LogP contribution in [0.5, 0.6) is 5.75 Å². The number of alkyl halides is 3. The third-order valence-electron chi connectivity index (χ3n) is 7.17. The summed E-state index contributed by atoms with van der Waals surface area (Å²) in [6.45, 7) is 0. The van der Waals surface area contributed by atoms with Crippen molar-refractivity contribution in [1.82, 2.24) is 0 Å². The van der Waals surface area contributed by atoms with E-state index in [0.29, 0.717) is 42.0 Å². The normalized spacial score (nSPS) is 31.8. The molecule has 0 aromatic heterocycles. The molecule has 2 fully saturated rings. The van der Waals surface area contributed by atoms with Gasteiger partial charge in [-0.2, -0.15) is 0 Å². The Labute approximate surface area is 195 Å². The van der Waals surface area contributed by atoms with Crippen molar-refractivity contribution in [1.29, 1.82) is 0 Å². The summed E-state index contributed by atoms with van der Waals surface area (Å²) in [5.41, 5.74) is 0.591. The number of carbonyl (C=O) groups is 2. The number of aliphatic hydroxyl groups is 1. The molecular formula is C24H28ClF3O5. The number of Topliss-reactive ketones (excluding diaryl/α,β-unsaturated/α-hetero) is 2. The Morgan fingerprint density at radius 3 is 2.36 bits per heavy atom. The maximum Gasteiger partial charge on any atom is 0.522 e. The average Bonchev–Trinajstić information content (AvgIpc) is 2.72. The third kappa shape index (κ3) is 6.28. The standard InChI is InChI=1S/C24H28ClF3O5/c25-16-5-6-22-18(11-16)20(30)12-23(32-22)21(31)9-13-1-3-15(4-2-13)19(29)10-14-7-17(8-14)33-24(26,27)28/h5-6,11,13-15,17,20,23,30H,1-4,7-10,12H2/t13?,14?,15?,17?,20-,23-/m1/s1. The lowest BCUT2D eigenvalue weighted by Gasteiger charge is -2.36. The monoisotopic (exact) mass is 488 g/mol. The number of hydrogen-bond acceptors (Lipinski definition) is 5. The second-order valence-electron chi connectivity index (χ2n) is 9.62. The lowest BCUT2D eigenvalue weighted by Crippen LogP contribution is -2.38. The minimum absolute atomic E-state index is 0.0308. The number of ketones is 2. The molecule has 1 aromatic rings. The van der Waals surface area contributed by atoms with Crippen molar-refractivity contribution in [3.63, 3.8) is 0 Å². The smallest absolute Gasteiger partial charge is 0.482 e. The summed E-state index contributed by atoms with van der Waals surface area (Å²) in [6, 6.07) is 4.97. The van der Waals surface area contributed by atoms with E-state index in [9.17, 15) is 27.9 Å². The van der Waals surface area contributed by atoms with Gasteiger partial charge in [-0.05, 0) is 68.6 Å². The highest BCUT2D eigenvalue weighted by Crippen LogP contribution is 2.40. The fourth-order valence-corrected chi connectivity index (χ4v) is 5.48. The van der Waals surface area contributed by atoms with Crippen molar-refractivity contribution in [3.8, 4) is 5.75 Å². The van der Waals surface area contributed by atoms with Gasteiger partial charge < -0.3 is 9.84 Å². The molecule has 1 aliphatic heterocycles. The Morgan fingerprint density at radius 1 is 1.03 bits per heavy atom. The maximum absolute atomic E-state index is 12.8. The quantitative estimate of drug-likeness (QED) is 0.543. The molecule has 9 heteroatoms. The van der Waals surface area contributed by atoms with E-state index in [2.05, 4.69) is 4.74 Å². The van der Waals surface area contributed by atoms with Gasteiger partial charge in [0.1, 0.15) is 11.5 Å². The van der Waals surface area contributed by atoms with E-state index in [-0.39, 0.29) is 48.6 Å². The fraction of sp³-hybridized carbons (Fsp3) is 0.667. The lowest BCUT2D eigenvalue weighted by molar-refractivity contribution is -0.354. The maximum atomic E-state index is 12.8. The highest BCUT2D eigenvalue weighted by molar-refractivity contribution is 6.30. The molecule has 5 nitrogen and oxygen atoms in total. The van der Waals surface area contributed by atoms with Crippen molar-refractivity contribution in [2.24, 2.45) is 17.8 Å². The highest BCUT2D eigenvalue weighted by Gasteiger charge is 2.41. The van der Waals surface area contributed by atoms with E-state index in [0.717, 1.165) is 12.8 Å². The molecule has 0 radical (unpaired) electrons. The molecule has 0 unspecified atom stereocenters. The molecule has 0 saturated heterocycles. The van der Waals surface area contributed by atoms with Crippen LogP contribution in [-0.2, 0) is 14.3 Å². The van der Waals surface area contributed by atoms with Gasteiger partial charge in [0.25, 0.3) is 0 Å². The summed E-state index contributed by atoms with van der Waals surface area (Å²) >= 11 is 5.97. The van der Waals surface area contributed by atoms with Crippen molar-refractivity contribution in [2.45, 2.75) is 82.5 Å². The van der Waals surface area contributed by atoms with Crippen molar-refractivity contribution in [2.75, 3.05) is 0 Å². The van der Waals surface area contributed by atoms with Crippen molar-refractivity contribution in [3.05, 3.63) is 28.8 Å². The van der Waals surface area contributed by atoms with Gasteiger partial charge in [-0.25, -0.2) is 0 Å². The topological polar surface area (TPSA) is 72.8 Å². The fourth-order valence-electron chi connectivity index (χ4n) is 5.30. The number of halogens is 4. The molecule has 2 aliphatic carbocycles. The number of fused-ring (bicyclic) bond motifs is 1. The molecule has 0 spiro atoms. The molecule has 33 heavy (non-hydrogen) atoms. The number of benzene rings is 1. The number of ether oxygens (including phenoxy) is 2. The molecule has 182 valence electrons. The molecular weight excluding hydrogens is 461 g/mol. The van der Waals surface area contributed by atoms with E-state index in [4.69, 9.17) is 16.3 Å². The summed E-state index contributed by atoms with van der Waals surface area (Å²) < 4.78 is 46.4. The number of hydrogen-bond donors (Lipinski definition) is 1. The molecule has 1 N–H and O–H groups in total. The van der Waals surface area contributed by atoms with Crippen LogP contribution in [0.15, 0.2) is 18.2 Å². The first-order chi connectivity index (χ1) is 15.6. The zero-order valence-corrected chi connectivity index (χ0v) is 18.9. The van der Waals surface area contributed by atoms with Gasteiger partial charge in [-0.1, -0.05) is 11.6 Å². The molecule has 2 atom stereocenters. The van der Waals surface area contributed by atoms with E-state index < -0.39 is 24.7 Å². The zero-order valence-electron chi connectivity index (χ0n) is 18.2. The van der Waals surface area contributed by atoms with Crippen LogP contribution >= 0.6 is 11.6 Å². The van der Waals surface area contributed by atoms with Gasteiger partial charge in [0.05, 0.1) is 12.2 Å². The van der Waals surface area contributed by atoms with Gasteiger partial charge in [-0.3, -0.25) is 14.3 Å². The first-order valence-corrected chi connectivity index (χ1v) is 11.9. The van der Waals surface area contributed by atoms with Gasteiger partial charge in [0, 0.05) is 35.8 Å². The minimum atomic E-state index is -4.62. The van der Waals surface area contributed by atoms with Crippen molar-refractivity contribution < 1.29 is 37.3 Å². The van der Waals surface area contributed by atoms with E-state index >= 15 is 0 Å². The minimum Gasteiger partial charge on any atom is -0.482 e. The van der Waals surface area contributed by atoms with E-state index in [1.807, 2.05) is 0 Å². The van der Waals surface area contributed by atoms with Crippen LogP contribution in [0.2, 0.25) is 5.02 Å². The number of aliphatic hydroxyl groups excluding tert-OH is 1. The van der Waals surface area contributed by atoms with Crippen LogP contribution in [0.4, 0.5) is 13.2 Å². The highest BCUT2D eigenvalue weighted by atomic mass is 35.5. The van der Waals surface area contributed by atoms with Crippen LogP contribution < -0.4 is 4.74 Å². The van der Waals surface area contributed by atoms with Crippen LogP contribution in [0.1, 0.15) is 69.5 Å². The summed E-state index contributed by atoms with van der Waals surface area (Å²) in [5, 5.41) is 10.9. The second kappa shape index (κ2) is 9.92. The van der Waals surface area contributed by atoms with Crippen LogP contribution in [0.3, 0.4) is 0 Å². The van der Waals surface area contributed by atoms with E-state index in [1.165, 1.54) is 0 Å². The summed E-state index contributed by atoms with van der Waals surface area (Å²) in [7, 11) is 0. The summed E-state index contributed by atoms with van der Waals surface area (Å²) in [4.78, 5) is 25.4. The average molecular weight is 489 g/mol. The Kier molecular flexibility index (Phi) is 7.36. The first-order valence-electron chi connectivity index (χ1n) is 11.5. The van der Waals surface area contributed by atoms with Crippen molar-refractivity contribution >= 4 is 23.2 Å². The Hall–Kier alpha value is -1.64. The van der Waals surface area contributed by atoms with Gasteiger partial charge >= 0.3 is 6.36 Å². The predicted octanol–water partition coefficient (Wildman–Crippen LogP) is 5.56. The molecule has 0 amide bonds. The first kappa shape index (κ1) is 24.5. The van der Waals surface area contributed by atoms with Gasteiger partial charge in [0.2, 0.25) is 0 Å². The third-order valence-corrected chi connectivity index (χ3v) is 7.41. The van der Waals surface area contributed by atoms with E-state index in [1.54, 1.807) is 18.2 Å². The molecule has 1 heterocycles. The van der Waals surface area contributed by atoms with Gasteiger partial charge in [0.15, 0.2) is 11.9 Å². The Morgan fingerprint density at radius 2 is 1.70 bits per heavy atom. The SMILES string of the molecule is O=C(CC1CC(OC(F)(F)F)C1)C1CCC(CC(=O)[C@H]2C[C@@H](O)c3cc(Cl)ccc3O2)CC1. The molecule has 3 aliphatic rings. The molecule has 1 aromatic carbocycles. The summed E-state index contributed by atoms with van der Waals surface area (Å²) in [6.07, 6.45) is -2.63. The molecule has 4 rings (SSSR count).